The predicted octanol–water partition coefficient (Wildman–Crippen LogP) is 1.73. The van der Waals surface area contributed by atoms with E-state index in [4.69, 9.17) is 4.74 Å². The van der Waals surface area contributed by atoms with E-state index in [-0.39, 0.29) is 5.56 Å². The summed E-state index contributed by atoms with van der Waals surface area (Å²) in [6.45, 7) is 5.28. The number of hydrogen-bond donors (Lipinski definition) is 2. The van der Waals surface area contributed by atoms with Crippen LogP contribution in [-0.4, -0.2) is 26.1 Å². The molecule has 7 heteroatoms. The van der Waals surface area contributed by atoms with Gasteiger partial charge >= 0.3 is 0 Å². The molecular weight excluding hydrogens is 320 g/mol. The van der Waals surface area contributed by atoms with E-state index in [0.717, 1.165) is 0 Å². The molecule has 0 radical (unpaired) electrons. The fraction of sp³-hybridized carbons (Fsp3) is 0.389. The summed E-state index contributed by atoms with van der Waals surface area (Å²) in [5, 5.41) is 27.7. The van der Waals surface area contributed by atoms with E-state index >= 15 is 0 Å². The van der Waals surface area contributed by atoms with E-state index in [1.807, 2.05) is 0 Å². The Labute approximate surface area is 145 Å². The molecule has 0 bridgehead atoms. The molecule has 0 saturated heterocycles. The summed E-state index contributed by atoms with van der Waals surface area (Å²) in [4.78, 5) is 11.5. The number of fused-ring (bicyclic) bond motifs is 1. The highest BCUT2D eigenvalue weighted by Gasteiger charge is 2.52. The third-order valence-corrected chi connectivity index (χ3v) is 4.85. The van der Waals surface area contributed by atoms with Gasteiger partial charge in [0.15, 0.2) is 0 Å². The first kappa shape index (κ1) is 17.0. The third-order valence-electron chi connectivity index (χ3n) is 4.85. The van der Waals surface area contributed by atoms with Crippen molar-refractivity contribution in [2.45, 2.75) is 38.0 Å². The van der Waals surface area contributed by atoms with E-state index in [1.165, 1.54) is 10.7 Å². The number of hydrogen-bond acceptors (Lipinski definition) is 6. The number of nitriles is 1. The first-order valence-corrected chi connectivity index (χ1v) is 7.92. The third kappa shape index (κ3) is 2.75. The van der Waals surface area contributed by atoms with Crippen LogP contribution in [0.4, 0.5) is 5.82 Å². The molecule has 2 aromatic rings. The van der Waals surface area contributed by atoms with Gasteiger partial charge in [0.05, 0.1) is 17.7 Å². The maximum absolute atomic E-state index is 11.5. The summed E-state index contributed by atoms with van der Waals surface area (Å²) < 4.78 is 7.19. The lowest BCUT2D eigenvalue weighted by molar-refractivity contribution is -0.128. The maximum Gasteiger partial charge on any atom is 0.266 e. The topological polar surface area (TPSA) is 100 Å². The molecule has 0 aliphatic carbocycles. The van der Waals surface area contributed by atoms with E-state index in [1.54, 1.807) is 52.1 Å². The number of anilines is 1. The maximum atomic E-state index is 11.5. The van der Waals surface area contributed by atoms with Gasteiger partial charge in [-0.05, 0) is 45.0 Å². The minimum Gasteiger partial charge on any atom is -0.484 e. The van der Waals surface area contributed by atoms with Gasteiger partial charge in [0.25, 0.3) is 5.56 Å². The molecule has 1 aromatic carbocycles. The Kier molecular flexibility index (Phi) is 3.81. The van der Waals surface area contributed by atoms with Crippen LogP contribution >= 0.6 is 0 Å². The van der Waals surface area contributed by atoms with Crippen LogP contribution in [0.1, 0.15) is 37.9 Å². The predicted molar refractivity (Wildman–Crippen MR) is 92.3 cm³/mol. The van der Waals surface area contributed by atoms with E-state index in [9.17, 15) is 15.2 Å². The molecule has 2 N–H and O–H groups in total. The first-order chi connectivity index (χ1) is 11.7. The Morgan fingerprint density at radius 2 is 2.04 bits per heavy atom. The molecule has 2 atom stereocenters. The molecule has 0 amide bonds. The minimum absolute atomic E-state index is 0.225. The molecular formula is C18H20N4O3. The zero-order valence-electron chi connectivity index (χ0n) is 14.6. The Balaban J connectivity index is 2.13. The summed E-state index contributed by atoms with van der Waals surface area (Å²) in [5.74, 6) is 1.04. The number of aryl methyl sites for hydroxylation is 1. The number of aliphatic hydroxyl groups is 1. The molecule has 0 spiro atoms. The summed E-state index contributed by atoms with van der Waals surface area (Å²) >= 11 is 0. The Bertz CT molecular complexity index is 925. The van der Waals surface area contributed by atoms with Crippen LogP contribution in [0.5, 0.6) is 5.75 Å². The van der Waals surface area contributed by atoms with Gasteiger partial charge in [0.1, 0.15) is 22.8 Å². The Morgan fingerprint density at radius 1 is 1.32 bits per heavy atom. The molecule has 1 aromatic heterocycles. The number of benzene rings is 1. The van der Waals surface area contributed by atoms with Crippen LogP contribution in [0.25, 0.3) is 0 Å². The number of nitrogens with zero attached hydrogens (tertiary/aromatic N) is 3. The zero-order valence-corrected chi connectivity index (χ0v) is 14.6. The van der Waals surface area contributed by atoms with Crippen molar-refractivity contribution in [3.63, 3.8) is 0 Å². The minimum atomic E-state index is -1.30. The zero-order chi connectivity index (χ0) is 18.4. The monoisotopic (exact) mass is 340 g/mol. The van der Waals surface area contributed by atoms with Gasteiger partial charge in [-0.2, -0.15) is 10.4 Å². The molecule has 130 valence electrons. The van der Waals surface area contributed by atoms with Crippen molar-refractivity contribution >= 4 is 5.82 Å². The van der Waals surface area contributed by atoms with Crippen molar-refractivity contribution in [2.24, 2.45) is 7.05 Å². The van der Waals surface area contributed by atoms with E-state index in [0.29, 0.717) is 22.7 Å². The van der Waals surface area contributed by atoms with Gasteiger partial charge in [-0.3, -0.25) is 4.79 Å². The normalized spacial score (nSPS) is 23.9. The molecule has 1 aliphatic rings. The van der Waals surface area contributed by atoms with E-state index < -0.39 is 17.2 Å². The summed E-state index contributed by atoms with van der Waals surface area (Å²) in [7, 11) is 1.56. The second kappa shape index (κ2) is 5.60. The van der Waals surface area contributed by atoms with Crippen LogP contribution in [0.3, 0.4) is 0 Å². The number of nitrogens with one attached hydrogen (secondary N) is 1. The standard InChI is InChI=1S/C18H20N4O3/c1-17(2)18(3,24)16(20-14-7-8-15(23)22(4)21-14)12-9-11(10-19)5-6-13(12)25-17/h5-9,16,24H,1-4H3,(H,20,21)/t16?,18-/m0/s1. The highest BCUT2D eigenvalue weighted by molar-refractivity contribution is 5.51. The lowest BCUT2D eigenvalue weighted by Crippen LogP contribution is -2.60. The van der Waals surface area contributed by atoms with Gasteiger partial charge in [0, 0.05) is 18.7 Å². The van der Waals surface area contributed by atoms with Crippen molar-refractivity contribution in [1.82, 2.24) is 9.78 Å². The molecule has 3 rings (SSSR count). The van der Waals surface area contributed by atoms with Crippen molar-refractivity contribution < 1.29 is 9.84 Å². The average molecular weight is 340 g/mol. The number of aromatic nitrogens is 2. The Hall–Kier alpha value is -2.85. The average Bonchev–Trinajstić information content (AvgIpc) is 2.55. The molecule has 0 fully saturated rings. The number of rotatable bonds is 2. The van der Waals surface area contributed by atoms with Crippen LogP contribution < -0.4 is 15.6 Å². The van der Waals surface area contributed by atoms with Crippen LogP contribution in [0.15, 0.2) is 35.1 Å². The summed E-state index contributed by atoms with van der Waals surface area (Å²) in [6.07, 6.45) is 0. The highest BCUT2D eigenvalue weighted by atomic mass is 16.5. The van der Waals surface area contributed by atoms with Gasteiger partial charge in [-0.15, -0.1) is 0 Å². The molecule has 2 heterocycles. The SMILES string of the molecule is Cn1nc(NC2c3cc(C#N)ccc3OC(C)(C)[C@@]2(C)O)ccc1=O. The first-order valence-electron chi connectivity index (χ1n) is 7.92. The van der Waals surface area contributed by atoms with Crippen LogP contribution in [0, 0.1) is 11.3 Å². The van der Waals surface area contributed by atoms with Crippen molar-refractivity contribution in [1.29, 1.82) is 5.26 Å². The van der Waals surface area contributed by atoms with E-state index in [2.05, 4.69) is 16.5 Å². The second-order valence-corrected chi connectivity index (χ2v) is 6.88. The van der Waals surface area contributed by atoms with Crippen molar-refractivity contribution in [2.75, 3.05) is 5.32 Å². The van der Waals surface area contributed by atoms with Crippen molar-refractivity contribution in [3.05, 3.63) is 51.8 Å². The van der Waals surface area contributed by atoms with Gasteiger partial charge in [-0.1, -0.05) is 0 Å². The molecule has 25 heavy (non-hydrogen) atoms. The molecule has 0 saturated carbocycles. The number of ether oxygens (including phenoxy) is 1. The highest BCUT2D eigenvalue weighted by Crippen LogP contribution is 2.47. The van der Waals surface area contributed by atoms with Gasteiger partial charge in [0.2, 0.25) is 0 Å². The second-order valence-electron chi connectivity index (χ2n) is 6.88. The van der Waals surface area contributed by atoms with Crippen molar-refractivity contribution in [3.8, 4) is 11.8 Å². The smallest absolute Gasteiger partial charge is 0.266 e. The lowest BCUT2D eigenvalue weighted by atomic mass is 9.75. The molecule has 7 nitrogen and oxygen atoms in total. The van der Waals surface area contributed by atoms with Gasteiger partial charge < -0.3 is 15.2 Å². The molecule has 1 unspecified atom stereocenters. The van der Waals surface area contributed by atoms with Gasteiger partial charge in [-0.25, -0.2) is 4.68 Å². The largest absolute Gasteiger partial charge is 0.484 e. The fourth-order valence-corrected chi connectivity index (χ4v) is 2.91. The summed E-state index contributed by atoms with van der Waals surface area (Å²) in [6, 6.07) is 9.59. The van der Waals surface area contributed by atoms with Crippen LogP contribution in [-0.2, 0) is 7.05 Å². The summed E-state index contributed by atoms with van der Waals surface area (Å²) in [5.41, 5.74) is -1.27. The fourth-order valence-electron chi connectivity index (χ4n) is 2.91. The van der Waals surface area contributed by atoms with Crippen LogP contribution in [0.2, 0.25) is 0 Å². The Morgan fingerprint density at radius 3 is 2.68 bits per heavy atom. The molecule has 1 aliphatic heterocycles. The quantitative estimate of drug-likeness (QED) is 0.863. The lowest BCUT2D eigenvalue weighted by Gasteiger charge is -2.49.